The van der Waals surface area contributed by atoms with Crippen molar-refractivity contribution in [1.29, 1.82) is 0 Å². The molecule has 1 unspecified atom stereocenters. The zero-order chi connectivity index (χ0) is 18.6. The van der Waals surface area contributed by atoms with E-state index >= 15 is 0 Å². The number of urea groups is 1. The van der Waals surface area contributed by atoms with Crippen LogP contribution in [0.2, 0.25) is 5.02 Å². The Hall–Kier alpha value is -2.19. The van der Waals surface area contributed by atoms with E-state index in [1.54, 1.807) is 31.2 Å². The molecule has 1 atom stereocenters. The Morgan fingerprint density at radius 3 is 2.32 bits per heavy atom. The van der Waals surface area contributed by atoms with E-state index in [9.17, 15) is 22.0 Å². The monoisotopic (exact) mass is 388 g/mol. The Balaban J connectivity index is 2.01. The third-order valence-corrected chi connectivity index (χ3v) is 5.01. The lowest BCUT2D eigenvalue weighted by Crippen LogP contribution is -2.31. The van der Waals surface area contributed by atoms with Crippen LogP contribution in [0.25, 0.3) is 0 Å². The molecule has 0 aliphatic carbocycles. The zero-order valence-corrected chi connectivity index (χ0v) is 14.6. The molecule has 0 fully saturated rings. The summed E-state index contributed by atoms with van der Waals surface area (Å²) in [6, 6.07) is 10.6. The first-order valence-electron chi connectivity index (χ1n) is 7.15. The van der Waals surface area contributed by atoms with E-state index in [2.05, 4.69) is 10.6 Å². The average Bonchev–Trinajstić information content (AvgIpc) is 2.55. The molecule has 2 N–H and O–H groups in total. The number of hydrogen-bond donors (Lipinski definition) is 2. The number of rotatable bonds is 5. The normalized spacial score (nSPS) is 12.7. The molecular weight excluding hydrogens is 374 g/mol. The van der Waals surface area contributed by atoms with E-state index in [0.29, 0.717) is 5.02 Å². The van der Waals surface area contributed by atoms with Crippen LogP contribution in [0.15, 0.2) is 53.4 Å². The molecule has 0 heterocycles. The van der Waals surface area contributed by atoms with Gasteiger partial charge in [-0.3, -0.25) is 0 Å². The molecule has 0 spiro atoms. The second-order valence-corrected chi connectivity index (χ2v) is 7.56. The minimum Gasteiger partial charge on any atom is -0.331 e. The average molecular weight is 389 g/mol. The van der Waals surface area contributed by atoms with Gasteiger partial charge >= 0.3 is 11.8 Å². The van der Waals surface area contributed by atoms with Crippen molar-refractivity contribution in [1.82, 2.24) is 5.32 Å². The molecule has 2 amide bonds. The second kappa shape index (κ2) is 7.79. The summed E-state index contributed by atoms with van der Waals surface area (Å²) in [5.74, 6) is -3.49. The van der Waals surface area contributed by atoms with E-state index in [1.165, 1.54) is 12.1 Å². The largest absolute Gasteiger partial charge is 0.341 e. The van der Waals surface area contributed by atoms with Crippen LogP contribution in [0, 0.1) is 0 Å². The van der Waals surface area contributed by atoms with Crippen LogP contribution in [-0.4, -0.2) is 20.2 Å². The molecule has 0 radical (unpaired) electrons. The number of carbonyl (C=O) groups is 1. The van der Waals surface area contributed by atoms with Gasteiger partial charge in [-0.2, -0.15) is 8.78 Å². The minimum atomic E-state index is -4.66. The highest BCUT2D eigenvalue weighted by Gasteiger charge is 2.26. The van der Waals surface area contributed by atoms with Crippen LogP contribution in [0.5, 0.6) is 0 Å². The Kier molecular flexibility index (Phi) is 5.97. The molecule has 0 bridgehead atoms. The number of nitrogens with one attached hydrogen (secondary N) is 2. The van der Waals surface area contributed by atoms with Crippen molar-refractivity contribution in [2.75, 3.05) is 5.32 Å². The van der Waals surface area contributed by atoms with Crippen molar-refractivity contribution >= 4 is 33.2 Å². The molecule has 0 aliphatic heterocycles. The molecule has 25 heavy (non-hydrogen) atoms. The topological polar surface area (TPSA) is 75.3 Å². The molecule has 0 saturated carbocycles. The van der Waals surface area contributed by atoms with Gasteiger partial charge in [0.05, 0.1) is 10.9 Å². The van der Waals surface area contributed by atoms with Gasteiger partial charge in [0.1, 0.15) is 0 Å². The van der Waals surface area contributed by atoms with Gasteiger partial charge in [-0.25, -0.2) is 13.2 Å². The van der Waals surface area contributed by atoms with Gasteiger partial charge in [0.15, 0.2) is 0 Å². The molecule has 0 saturated heterocycles. The smallest absolute Gasteiger partial charge is 0.331 e. The van der Waals surface area contributed by atoms with Gasteiger partial charge in [-0.15, -0.1) is 0 Å². The van der Waals surface area contributed by atoms with Crippen molar-refractivity contribution in [3.05, 3.63) is 59.1 Å². The number of benzene rings is 2. The minimum absolute atomic E-state index is 0.268. The third-order valence-electron chi connectivity index (χ3n) is 3.37. The number of halogens is 3. The first-order chi connectivity index (χ1) is 11.7. The van der Waals surface area contributed by atoms with Gasteiger partial charge in [0, 0.05) is 10.7 Å². The fourth-order valence-electron chi connectivity index (χ4n) is 2.05. The van der Waals surface area contributed by atoms with Crippen LogP contribution < -0.4 is 10.6 Å². The Bertz CT molecular complexity index is 858. The van der Waals surface area contributed by atoms with Gasteiger partial charge in [-0.1, -0.05) is 23.7 Å². The van der Waals surface area contributed by atoms with E-state index in [1.807, 2.05) is 0 Å². The third kappa shape index (κ3) is 4.90. The number of amides is 2. The van der Waals surface area contributed by atoms with Crippen molar-refractivity contribution in [2.45, 2.75) is 23.6 Å². The molecule has 9 heteroatoms. The van der Waals surface area contributed by atoms with E-state index < -0.39 is 26.5 Å². The van der Waals surface area contributed by atoms with E-state index in [0.717, 1.165) is 17.7 Å². The second-order valence-electron chi connectivity index (χ2n) is 5.21. The fraction of sp³-hybridized carbons (Fsp3) is 0.188. The summed E-state index contributed by atoms with van der Waals surface area (Å²) >= 11 is 5.90. The summed E-state index contributed by atoms with van der Waals surface area (Å²) < 4.78 is 47.6. The standard InChI is InChI=1S/C16H15ClF2N2O3S/c1-10(11-3-2-4-12(17)9-11)20-16(22)21-13-5-7-14(8-6-13)25(23,24)15(18)19/h2-10,15H,1H3,(H2,20,21,22). The lowest BCUT2D eigenvalue weighted by atomic mass is 10.1. The maximum absolute atomic E-state index is 12.5. The highest BCUT2D eigenvalue weighted by atomic mass is 35.5. The summed E-state index contributed by atoms with van der Waals surface area (Å²) in [5, 5.41) is 5.73. The van der Waals surface area contributed by atoms with Crippen molar-refractivity contribution in [3.8, 4) is 0 Å². The summed E-state index contributed by atoms with van der Waals surface area (Å²) in [4.78, 5) is 11.5. The highest BCUT2D eigenvalue weighted by molar-refractivity contribution is 7.91. The molecule has 0 aliphatic rings. The lowest BCUT2D eigenvalue weighted by Gasteiger charge is -2.15. The van der Waals surface area contributed by atoms with Crippen LogP contribution in [0.1, 0.15) is 18.5 Å². The van der Waals surface area contributed by atoms with Crippen LogP contribution in [-0.2, 0) is 9.84 Å². The number of carbonyl (C=O) groups excluding carboxylic acids is 1. The number of hydrogen-bond acceptors (Lipinski definition) is 3. The van der Waals surface area contributed by atoms with Crippen molar-refractivity contribution < 1.29 is 22.0 Å². The Labute approximate surface area is 148 Å². The van der Waals surface area contributed by atoms with E-state index in [-0.39, 0.29) is 11.7 Å². The van der Waals surface area contributed by atoms with Crippen LogP contribution >= 0.6 is 11.6 Å². The first-order valence-corrected chi connectivity index (χ1v) is 9.07. The SMILES string of the molecule is CC(NC(=O)Nc1ccc(S(=O)(=O)C(F)F)cc1)c1cccc(Cl)c1. The molecule has 0 aromatic heterocycles. The first kappa shape index (κ1) is 19.1. The fourth-order valence-corrected chi connectivity index (χ4v) is 2.97. The van der Waals surface area contributed by atoms with Gasteiger partial charge in [0.25, 0.3) is 0 Å². The van der Waals surface area contributed by atoms with Crippen LogP contribution in [0.3, 0.4) is 0 Å². The highest BCUT2D eigenvalue weighted by Crippen LogP contribution is 2.21. The summed E-state index contributed by atoms with van der Waals surface area (Å²) in [5.41, 5.74) is 1.07. The quantitative estimate of drug-likeness (QED) is 0.805. The Morgan fingerprint density at radius 1 is 1.12 bits per heavy atom. The number of anilines is 1. The maximum atomic E-state index is 12.5. The molecule has 134 valence electrons. The molecule has 2 aromatic carbocycles. The zero-order valence-electron chi connectivity index (χ0n) is 13.0. The lowest BCUT2D eigenvalue weighted by molar-refractivity contribution is 0.234. The van der Waals surface area contributed by atoms with Crippen LogP contribution in [0.4, 0.5) is 19.3 Å². The number of sulfone groups is 1. The van der Waals surface area contributed by atoms with E-state index in [4.69, 9.17) is 11.6 Å². The molecule has 5 nitrogen and oxygen atoms in total. The summed E-state index contributed by atoms with van der Waals surface area (Å²) in [6.07, 6.45) is 0. The molecule has 2 rings (SSSR count). The van der Waals surface area contributed by atoms with Gasteiger partial charge in [0.2, 0.25) is 9.84 Å². The predicted octanol–water partition coefficient (Wildman–Crippen LogP) is 4.22. The van der Waals surface area contributed by atoms with Gasteiger partial charge < -0.3 is 10.6 Å². The maximum Gasteiger partial charge on any atom is 0.341 e. The summed E-state index contributed by atoms with van der Waals surface area (Å²) in [7, 11) is -4.66. The van der Waals surface area contributed by atoms with Gasteiger partial charge in [-0.05, 0) is 48.9 Å². The van der Waals surface area contributed by atoms with Crippen molar-refractivity contribution in [3.63, 3.8) is 0 Å². The number of alkyl halides is 2. The predicted molar refractivity (Wildman–Crippen MR) is 91.7 cm³/mol. The molecular formula is C16H15ClF2N2O3S. The summed E-state index contributed by atoms with van der Waals surface area (Å²) in [6.45, 7) is 1.77. The Morgan fingerprint density at radius 2 is 1.76 bits per heavy atom. The molecule has 2 aromatic rings. The van der Waals surface area contributed by atoms with Crippen molar-refractivity contribution in [2.24, 2.45) is 0 Å².